The van der Waals surface area contributed by atoms with Crippen molar-refractivity contribution < 1.29 is 19.3 Å². The standard InChI is InChI=1S/C23H30ClNO4/c1-27-22-11-6-16(12-23(22)28-2)14-29-15-21(17-4-3-5-17)25-20(13-26)18-7-9-19(24)10-8-18/h6-12,17,20-21,25-26H,3-5,13-15H2,1-2H3. The highest BCUT2D eigenvalue weighted by Crippen LogP contribution is 2.32. The molecule has 5 nitrogen and oxygen atoms in total. The van der Waals surface area contributed by atoms with Gasteiger partial charge in [0.2, 0.25) is 0 Å². The van der Waals surface area contributed by atoms with Crippen LogP contribution in [0.4, 0.5) is 0 Å². The fourth-order valence-corrected chi connectivity index (χ4v) is 3.77. The summed E-state index contributed by atoms with van der Waals surface area (Å²) in [6.45, 7) is 1.11. The first-order valence-corrected chi connectivity index (χ1v) is 10.4. The van der Waals surface area contributed by atoms with E-state index in [1.165, 1.54) is 19.3 Å². The van der Waals surface area contributed by atoms with Gasteiger partial charge in [-0.3, -0.25) is 0 Å². The van der Waals surface area contributed by atoms with Gasteiger partial charge in [0.15, 0.2) is 11.5 Å². The first-order valence-electron chi connectivity index (χ1n) is 10.1. The molecule has 158 valence electrons. The summed E-state index contributed by atoms with van der Waals surface area (Å²) in [6.07, 6.45) is 3.63. The monoisotopic (exact) mass is 419 g/mol. The molecule has 0 heterocycles. The zero-order chi connectivity index (χ0) is 20.6. The number of rotatable bonds is 11. The van der Waals surface area contributed by atoms with E-state index in [1.807, 2.05) is 42.5 Å². The van der Waals surface area contributed by atoms with Crippen LogP contribution < -0.4 is 14.8 Å². The molecule has 2 atom stereocenters. The highest BCUT2D eigenvalue weighted by Gasteiger charge is 2.29. The summed E-state index contributed by atoms with van der Waals surface area (Å²) in [5.74, 6) is 1.98. The van der Waals surface area contributed by atoms with E-state index in [0.29, 0.717) is 35.7 Å². The number of aliphatic hydroxyl groups is 1. The fraction of sp³-hybridized carbons (Fsp3) is 0.478. The molecular formula is C23H30ClNO4. The van der Waals surface area contributed by atoms with Gasteiger partial charge in [0.05, 0.1) is 40.1 Å². The van der Waals surface area contributed by atoms with Crippen molar-refractivity contribution in [1.82, 2.24) is 5.32 Å². The summed E-state index contributed by atoms with van der Waals surface area (Å²) in [7, 11) is 3.26. The Bertz CT molecular complexity index is 764. The molecule has 0 bridgehead atoms. The molecule has 1 fully saturated rings. The third-order valence-electron chi connectivity index (χ3n) is 5.60. The molecule has 6 heteroatoms. The lowest BCUT2D eigenvalue weighted by Gasteiger charge is -2.36. The van der Waals surface area contributed by atoms with Crippen LogP contribution in [0.3, 0.4) is 0 Å². The van der Waals surface area contributed by atoms with Crippen molar-refractivity contribution in [2.75, 3.05) is 27.4 Å². The topological polar surface area (TPSA) is 60.0 Å². The molecule has 0 spiro atoms. The Morgan fingerprint density at radius 2 is 1.79 bits per heavy atom. The number of hydrogen-bond acceptors (Lipinski definition) is 5. The van der Waals surface area contributed by atoms with E-state index >= 15 is 0 Å². The molecule has 0 radical (unpaired) electrons. The van der Waals surface area contributed by atoms with E-state index < -0.39 is 0 Å². The van der Waals surface area contributed by atoms with Crippen LogP contribution in [0.5, 0.6) is 11.5 Å². The summed E-state index contributed by atoms with van der Waals surface area (Å²) in [5, 5.41) is 14.2. The van der Waals surface area contributed by atoms with Crippen molar-refractivity contribution in [3.63, 3.8) is 0 Å². The van der Waals surface area contributed by atoms with Crippen molar-refractivity contribution in [1.29, 1.82) is 0 Å². The predicted molar refractivity (Wildman–Crippen MR) is 115 cm³/mol. The molecule has 2 aromatic carbocycles. The normalized spacial score (nSPS) is 16.1. The summed E-state index contributed by atoms with van der Waals surface area (Å²) >= 11 is 5.99. The molecule has 0 aromatic heterocycles. The Morgan fingerprint density at radius 1 is 1.07 bits per heavy atom. The van der Waals surface area contributed by atoms with Crippen LogP contribution in [0.2, 0.25) is 5.02 Å². The molecule has 2 unspecified atom stereocenters. The van der Waals surface area contributed by atoms with E-state index in [-0.39, 0.29) is 18.7 Å². The van der Waals surface area contributed by atoms with Gasteiger partial charge < -0.3 is 24.6 Å². The van der Waals surface area contributed by atoms with Gasteiger partial charge in [-0.2, -0.15) is 0 Å². The number of ether oxygens (including phenoxy) is 3. The third kappa shape index (κ3) is 5.86. The molecule has 0 aliphatic heterocycles. The first-order chi connectivity index (χ1) is 14.1. The van der Waals surface area contributed by atoms with Gasteiger partial charge in [-0.25, -0.2) is 0 Å². The zero-order valence-corrected chi connectivity index (χ0v) is 17.8. The predicted octanol–water partition coefficient (Wildman–Crippen LogP) is 4.37. The number of hydrogen-bond donors (Lipinski definition) is 2. The molecule has 1 aliphatic carbocycles. The number of halogens is 1. The van der Waals surface area contributed by atoms with Crippen molar-refractivity contribution in [3.05, 3.63) is 58.6 Å². The van der Waals surface area contributed by atoms with Crippen LogP contribution in [0.25, 0.3) is 0 Å². The molecule has 1 aliphatic rings. The Balaban J connectivity index is 1.60. The highest BCUT2D eigenvalue weighted by atomic mass is 35.5. The molecule has 0 saturated heterocycles. The van der Waals surface area contributed by atoms with E-state index in [1.54, 1.807) is 14.2 Å². The second-order valence-corrected chi connectivity index (χ2v) is 7.89. The summed E-state index contributed by atoms with van der Waals surface area (Å²) < 4.78 is 16.7. The summed E-state index contributed by atoms with van der Waals surface area (Å²) in [6, 6.07) is 13.5. The second kappa shape index (κ2) is 10.8. The second-order valence-electron chi connectivity index (χ2n) is 7.46. The average molecular weight is 420 g/mol. The molecule has 2 aromatic rings. The lowest BCUT2D eigenvalue weighted by molar-refractivity contribution is 0.0554. The van der Waals surface area contributed by atoms with E-state index in [0.717, 1.165) is 11.1 Å². The van der Waals surface area contributed by atoms with Gasteiger partial charge in [-0.1, -0.05) is 36.2 Å². The molecule has 1 saturated carbocycles. The van der Waals surface area contributed by atoms with Crippen LogP contribution in [0.1, 0.15) is 36.4 Å². The largest absolute Gasteiger partial charge is 0.493 e. The highest BCUT2D eigenvalue weighted by molar-refractivity contribution is 6.30. The van der Waals surface area contributed by atoms with Crippen molar-refractivity contribution in [2.24, 2.45) is 5.92 Å². The van der Waals surface area contributed by atoms with Crippen molar-refractivity contribution in [3.8, 4) is 11.5 Å². The molecule has 0 amide bonds. The summed E-state index contributed by atoms with van der Waals surface area (Å²) in [4.78, 5) is 0. The molecule has 29 heavy (non-hydrogen) atoms. The number of nitrogens with one attached hydrogen (secondary N) is 1. The van der Waals surface area contributed by atoms with Gasteiger partial charge in [0, 0.05) is 11.1 Å². The van der Waals surface area contributed by atoms with E-state index in [4.69, 9.17) is 25.8 Å². The van der Waals surface area contributed by atoms with Crippen LogP contribution in [-0.4, -0.2) is 38.6 Å². The van der Waals surface area contributed by atoms with Gasteiger partial charge in [0.25, 0.3) is 0 Å². The quantitative estimate of drug-likeness (QED) is 0.566. The van der Waals surface area contributed by atoms with Crippen LogP contribution in [0, 0.1) is 5.92 Å². The molecule has 2 N–H and O–H groups in total. The third-order valence-corrected chi connectivity index (χ3v) is 5.86. The Labute approximate surface area is 177 Å². The van der Waals surface area contributed by atoms with E-state index in [9.17, 15) is 5.11 Å². The van der Waals surface area contributed by atoms with Crippen LogP contribution in [0.15, 0.2) is 42.5 Å². The van der Waals surface area contributed by atoms with Gasteiger partial charge in [0.1, 0.15) is 0 Å². The van der Waals surface area contributed by atoms with Gasteiger partial charge >= 0.3 is 0 Å². The number of aliphatic hydroxyl groups excluding tert-OH is 1. The number of methoxy groups -OCH3 is 2. The maximum Gasteiger partial charge on any atom is 0.161 e. The minimum Gasteiger partial charge on any atom is -0.493 e. The average Bonchev–Trinajstić information content (AvgIpc) is 2.71. The maximum atomic E-state index is 9.92. The lowest BCUT2D eigenvalue weighted by Crippen LogP contribution is -2.45. The smallest absolute Gasteiger partial charge is 0.161 e. The Kier molecular flexibility index (Phi) is 8.19. The maximum absolute atomic E-state index is 9.92. The first kappa shape index (κ1) is 21.9. The molecule has 3 rings (SSSR count). The minimum atomic E-state index is -0.137. The fourth-order valence-electron chi connectivity index (χ4n) is 3.64. The molecular weight excluding hydrogens is 390 g/mol. The van der Waals surface area contributed by atoms with Crippen molar-refractivity contribution in [2.45, 2.75) is 38.0 Å². The van der Waals surface area contributed by atoms with Gasteiger partial charge in [-0.05, 0) is 54.2 Å². The zero-order valence-electron chi connectivity index (χ0n) is 17.1. The summed E-state index contributed by atoms with van der Waals surface area (Å²) in [5.41, 5.74) is 2.06. The Morgan fingerprint density at radius 3 is 2.38 bits per heavy atom. The number of benzene rings is 2. The minimum absolute atomic E-state index is 0.0283. The Hall–Kier alpha value is -1.79. The lowest BCUT2D eigenvalue weighted by atomic mass is 9.79. The van der Waals surface area contributed by atoms with Gasteiger partial charge in [-0.15, -0.1) is 0 Å². The van der Waals surface area contributed by atoms with Crippen molar-refractivity contribution >= 4 is 11.6 Å². The SMILES string of the molecule is COc1ccc(COCC(NC(CO)c2ccc(Cl)cc2)C2CCC2)cc1OC. The van der Waals surface area contributed by atoms with Crippen LogP contribution >= 0.6 is 11.6 Å². The van der Waals surface area contributed by atoms with Crippen LogP contribution in [-0.2, 0) is 11.3 Å². The van der Waals surface area contributed by atoms with E-state index in [2.05, 4.69) is 5.32 Å².